The number of guanidine groups is 1. The van der Waals surface area contributed by atoms with E-state index in [9.17, 15) is 4.79 Å². The maximum absolute atomic E-state index is 12.9. The second-order valence-corrected chi connectivity index (χ2v) is 7.55. The van der Waals surface area contributed by atoms with Crippen LogP contribution in [0.1, 0.15) is 47.4 Å². The van der Waals surface area contributed by atoms with Gasteiger partial charge in [0.25, 0.3) is 5.91 Å². The number of benzene rings is 2. The molecule has 7 nitrogen and oxygen atoms in total. The van der Waals surface area contributed by atoms with E-state index >= 15 is 0 Å². The highest BCUT2D eigenvalue weighted by Crippen LogP contribution is 2.23. The summed E-state index contributed by atoms with van der Waals surface area (Å²) in [6, 6.07) is 15.0. The quantitative estimate of drug-likeness (QED) is 0.398. The van der Waals surface area contributed by atoms with Crippen LogP contribution in [0.15, 0.2) is 59.7 Å². The molecule has 0 aliphatic heterocycles. The van der Waals surface area contributed by atoms with Crippen LogP contribution < -0.4 is 15.4 Å². The summed E-state index contributed by atoms with van der Waals surface area (Å²) in [4.78, 5) is 17.6. The molecule has 3 rings (SSSR count). The standard InChI is InChI=1S/C25H31N5O2/c1-5-14-30-17-21(19(4)29-30)16-26-25(27-22-12-7-8-13-23(22)32-6-2)28-24(31)20-11-9-10-18(3)15-20/h7-13,15,17H,5-6,14,16H2,1-4H3,(H2,26,27,28,31). The summed E-state index contributed by atoms with van der Waals surface area (Å²) in [7, 11) is 0. The molecule has 0 aliphatic carbocycles. The molecule has 2 aromatic carbocycles. The van der Waals surface area contributed by atoms with Gasteiger partial charge in [-0.05, 0) is 51.5 Å². The number of hydrogen-bond donors (Lipinski definition) is 2. The summed E-state index contributed by atoms with van der Waals surface area (Å²) in [6.45, 7) is 9.77. The molecule has 7 heteroatoms. The summed E-state index contributed by atoms with van der Waals surface area (Å²) < 4.78 is 7.65. The van der Waals surface area contributed by atoms with Crippen LogP contribution in [0.2, 0.25) is 0 Å². The Morgan fingerprint density at radius 1 is 1.12 bits per heavy atom. The molecular weight excluding hydrogens is 402 g/mol. The van der Waals surface area contributed by atoms with Gasteiger partial charge in [-0.1, -0.05) is 36.8 Å². The van der Waals surface area contributed by atoms with Crippen molar-refractivity contribution >= 4 is 17.6 Å². The smallest absolute Gasteiger partial charge is 0.257 e. The highest BCUT2D eigenvalue weighted by Gasteiger charge is 2.13. The van der Waals surface area contributed by atoms with Gasteiger partial charge in [0.05, 0.1) is 24.5 Å². The average Bonchev–Trinajstić information content (AvgIpc) is 3.12. The molecule has 32 heavy (non-hydrogen) atoms. The van der Waals surface area contributed by atoms with E-state index in [1.165, 1.54) is 0 Å². The Kier molecular flexibility index (Phi) is 8.02. The summed E-state index contributed by atoms with van der Waals surface area (Å²) in [5.74, 6) is 0.818. The van der Waals surface area contributed by atoms with Crippen molar-refractivity contribution in [1.82, 2.24) is 15.1 Å². The summed E-state index contributed by atoms with van der Waals surface area (Å²) in [5.41, 5.74) is 4.27. The van der Waals surface area contributed by atoms with Crippen LogP contribution in [-0.2, 0) is 13.1 Å². The van der Waals surface area contributed by atoms with Gasteiger partial charge >= 0.3 is 0 Å². The monoisotopic (exact) mass is 433 g/mol. The number of amides is 1. The molecule has 0 atom stereocenters. The third-order valence-corrected chi connectivity index (χ3v) is 4.86. The Morgan fingerprint density at radius 3 is 2.69 bits per heavy atom. The molecule has 1 heterocycles. The first-order valence-electron chi connectivity index (χ1n) is 10.9. The van der Waals surface area contributed by atoms with Crippen molar-refractivity contribution in [3.05, 3.63) is 77.1 Å². The molecule has 0 bridgehead atoms. The van der Waals surface area contributed by atoms with Crippen molar-refractivity contribution in [2.45, 2.75) is 47.2 Å². The predicted octanol–water partition coefficient (Wildman–Crippen LogP) is 4.71. The molecule has 0 aliphatic rings. The van der Waals surface area contributed by atoms with Crippen molar-refractivity contribution in [3.8, 4) is 5.75 Å². The Morgan fingerprint density at radius 2 is 1.94 bits per heavy atom. The summed E-state index contributed by atoms with van der Waals surface area (Å²) in [6.07, 6.45) is 3.02. The minimum Gasteiger partial charge on any atom is -0.492 e. The molecule has 0 radical (unpaired) electrons. The van der Waals surface area contributed by atoms with E-state index in [-0.39, 0.29) is 5.91 Å². The number of carbonyl (C=O) groups is 1. The number of anilines is 1. The highest BCUT2D eigenvalue weighted by molar-refractivity contribution is 6.10. The van der Waals surface area contributed by atoms with Crippen LogP contribution in [0.5, 0.6) is 5.75 Å². The summed E-state index contributed by atoms with van der Waals surface area (Å²) in [5, 5.41) is 10.7. The van der Waals surface area contributed by atoms with Gasteiger partial charge in [0.2, 0.25) is 5.96 Å². The van der Waals surface area contributed by atoms with Gasteiger partial charge < -0.3 is 10.1 Å². The maximum Gasteiger partial charge on any atom is 0.257 e. The van der Waals surface area contributed by atoms with E-state index in [0.29, 0.717) is 30.4 Å². The van der Waals surface area contributed by atoms with Crippen LogP contribution >= 0.6 is 0 Å². The molecule has 3 aromatic rings. The van der Waals surface area contributed by atoms with Crippen molar-refractivity contribution < 1.29 is 9.53 Å². The maximum atomic E-state index is 12.9. The lowest BCUT2D eigenvalue weighted by Gasteiger charge is -2.15. The second-order valence-electron chi connectivity index (χ2n) is 7.55. The molecule has 0 unspecified atom stereocenters. The zero-order chi connectivity index (χ0) is 22.9. The number of carbonyl (C=O) groups excluding carboxylic acids is 1. The third kappa shape index (κ3) is 6.20. The first-order valence-corrected chi connectivity index (χ1v) is 10.9. The predicted molar refractivity (Wildman–Crippen MR) is 128 cm³/mol. The van der Waals surface area contributed by atoms with Crippen LogP contribution in [0.4, 0.5) is 5.69 Å². The SMILES string of the molecule is CCCn1cc(CN=C(NC(=O)c2cccc(C)c2)Nc2ccccc2OCC)c(C)n1. The van der Waals surface area contributed by atoms with Gasteiger partial charge in [-0.2, -0.15) is 5.10 Å². The van der Waals surface area contributed by atoms with Crippen LogP contribution in [0, 0.1) is 13.8 Å². The van der Waals surface area contributed by atoms with Crippen molar-refractivity contribution in [1.29, 1.82) is 0 Å². The Labute approximate surface area is 189 Å². The number of rotatable bonds is 8. The Balaban J connectivity index is 1.86. The van der Waals surface area contributed by atoms with Crippen LogP contribution in [0.3, 0.4) is 0 Å². The topological polar surface area (TPSA) is 80.5 Å². The second kappa shape index (κ2) is 11.1. The molecule has 2 N–H and O–H groups in total. The van der Waals surface area contributed by atoms with E-state index in [0.717, 1.165) is 35.5 Å². The number of aryl methyl sites for hydroxylation is 3. The number of para-hydroxylation sites is 2. The van der Waals surface area contributed by atoms with Gasteiger partial charge in [-0.3, -0.25) is 14.8 Å². The van der Waals surface area contributed by atoms with Crippen LogP contribution in [0.25, 0.3) is 0 Å². The van der Waals surface area contributed by atoms with Crippen molar-refractivity contribution in [3.63, 3.8) is 0 Å². The molecule has 168 valence electrons. The van der Waals surface area contributed by atoms with Crippen molar-refractivity contribution in [2.24, 2.45) is 4.99 Å². The van der Waals surface area contributed by atoms with E-state index in [1.807, 2.05) is 74.1 Å². The normalized spacial score (nSPS) is 11.3. The fraction of sp³-hybridized carbons (Fsp3) is 0.320. The summed E-state index contributed by atoms with van der Waals surface area (Å²) >= 11 is 0. The molecular formula is C25H31N5O2. The van der Waals surface area contributed by atoms with Gasteiger partial charge in [-0.15, -0.1) is 0 Å². The number of nitrogens with one attached hydrogen (secondary N) is 2. The zero-order valence-corrected chi connectivity index (χ0v) is 19.2. The van der Waals surface area contributed by atoms with Gasteiger partial charge in [0.1, 0.15) is 5.75 Å². The molecule has 0 saturated heterocycles. The Hall–Kier alpha value is -3.61. The average molecular weight is 434 g/mol. The lowest BCUT2D eigenvalue weighted by atomic mass is 10.1. The number of aromatic nitrogens is 2. The molecule has 0 fully saturated rings. The fourth-order valence-corrected chi connectivity index (χ4v) is 3.28. The number of nitrogens with zero attached hydrogens (tertiary/aromatic N) is 3. The first kappa shape index (κ1) is 23.1. The van der Waals surface area contributed by atoms with E-state index in [4.69, 9.17) is 4.74 Å². The first-order chi connectivity index (χ1) is 15.5. The van der Waals surface area contributed by atoms with Crippen molar-refractivity contribution in [2.75, 3.05) is 11.9 Å². The number of hydrogen-bond acceptors (Lipinski definition) is 4. The molecule has 1 amide bonds. The van der Waals surface area contributed by atoms with Gasteiger partial charge in [0, 0.05) is 23.9 Å². The zero-order valence-electron chi connectivity index (χ0n) is 19.2. The molecule has 0 saturated carbocycles. The highest BCUT2D eigenvalue weighted by atomic mass is 16.5. The lowest BCUT2D eigenvalue weighted by molar-refractivity contribution is 0.0976. The minimum absolute atomic E-state index is 0.229. The fourth-order valence-electron chi connectivity index (χ4n) is 3.28. The van der Waals surface area contributed by atoms with E-state index < -0.39 is 0 Å². The van der Waals surface area contributed by atoms with E-state index in [1.54, 1.807) is 6.07 Å². The minimum atomic E-state index is -0.229. The Bertz CT molecular complexity index is 1090. The lowest BCUT2D eigenvalue weighted by Crippen LogP contribution is -2.36. The van der Waals surface area contributed by atoms with E-state index in [2.05, 4.69) is 27.6 Å². The molecule has 0 spiro atoms. The van der Waals surface area contributed by atoms with Gasteiger partial charge in [-0.25, -0.2) is 4.99 Å². The largest absolute Gasteiger partial charge is 0.492 e. The molecule has 1 aromatic heterocycles. The third-order valence-electron chi connectivity index (χ3n) is 4.86. The number of aliphatic imine (C=N–C) groups is 1. The van der Waals surface area contributed by atoms with Crippen LogP contribution in [-0.4, -0.2) is 28.3 Å². The van der Waals surface area contributed by atoms with Gasteiger partial charge in [0.15, 0.2) is 0 Å². The number of ether oxygens (including phenoxy) is 1.